The SMILES string of the molecule is CC12CCC(C(=Cc3cccc(C(=O)CO)c3)C1=O)C2(C)C. The normalized spacial score (nSPS) is 31.0. The van der Waals surface area contributed by atoms with Crippen LogP contribution in [0.5, 0.6) is 0 Å². The zero-order valence-electron chi connectivity index (χ0n) is 13.3. The van der Waals surface area contributed by atoms with Crippen molar-refractivity contribution in [2.75, 3.05) is 6.61 Å². The fraction of sp³-hybridized carbons (Fsp3) is 0.474. The van der Waals surface area contributed by atoms with Crippen LogP contribution in [0.1, 0.15) is 49.5 Å². The van der Waals surface area contributed by atoms with Gasteiger partial charge in [0.25, 0.3) is 0 Å². The third-order valence-electron chi connectivity index (χ3n) is 6.04. The monoisotopic (exact) mass is 298 g/mol. The Morgan fingerprint density at radius 2 is 2.09 bits per heavy atom. The molecular formula is C19H22O3. The Hall–Kier alpha value is -1.74. The number of benzene rings is 1. The maximum absolute atomic E-state index is 12.8. The van der Waals surface area contributed by atoms with Gasteiger partial charge in [-0.25, -0.2) is 0 Å². The van der Waals surface area contributed by atoms with Crippen LogP contribution in [0.15, 0.2) is 29.8 Å². The Bertz CT molecular complexity index is 684. The molecule has 2 fully saturated rings. The van der Waals surface area contributed by atoms with E-state index in [1.165, 1.54) is 0 Å². The molecule has 0 heterocycles. The Balaban J connectivity index is 2.01. The van der Waals surface area contributed by atoms with Crippen molar-refractivity contribution in [2.24, 2.45) is 16.7 Å². The average Bonchev–Trinajstić information content (AvgIpc) is 2.81. The molecule has 3 nitrogen and oxygen atoms in total. The molecule has 2 saturated carbocycles. The number of rotatable bonds is 3. The molecular weight excluding hydrogens is 276 g/mol. The van der Waals surface area contributed by atoms with Crippen LogP contribution >= 0.6 is 0 Å². The van der Waals surface area contributed by atoms with Gasteiger partial charge in [0.15, 0.2) is 11.6 Å². The van der Waals surface area contributed by atoms with E-state index in [0.717, 1.165) is 24.0 Å². The van der Waals surface area contributed by atoms with Crippen LogP contribution < -0.4 is 0 Å². The minimum absolute atomic E-state index is 0.00551. The second kappa shape index (κ2) is 4.88. The lowest BCUT2D eigenvalue weighted by molar-refractivity contribution is -0.125. The van der Waals surface area contributed by atoms with Gasteiger partial charge in [0.1, 0.15) is 6.61 Å². The second-order valence-corrected chi connectivity index (χ2v) is 7.28. The molecule has 1 N–H and O–H groups in total. The maximum atomic E-state index is 12.8. The van der Waals surface area contributed by atoms with Gasteiger partial charge < -0.3 is 5.11 Å². The summed E-state index contributed by atoms with van der Waals surface area (Å²) in [6, 6.07) is 7.13. The number of hydrogen-bond donors (Lipinski definition) is 1. The lowest BCUT2D eigenvalue weighted by Crippen LogP contribution is -2.32. The molecule has 0 aliphatic heterocycles. The molecule has 3 rings (SSSR count). The first-order chi connectivity index (χ1) is 10.3. The van der Waals surface area contributed by atoms with Crippen LogP contribution in [0.4, 0.5) is 0 Å². The first-order valence-corrected chi connectivity index (χ1v) is 7.82. The fourth-order valence-corrected chi connectivity index (χ4v) is 4.17. The van der Waals surface area contributed by atoms with E-state index in [-0.39, 0.29) is 22.4 Å². The van der Waals surface area contributed by atoms with Crippen LogP contribution in [0, 0.1) is 16.7 Å². The van der Waals surface area contributed by atoms with Crippen molar-refractivity contribution in [2.45, 2.75) is 33.6 Å². The molecule has 22 heavy (non-hydrogen) atoms. The smallest absolute Gasteiger partial charge is 0.188 e. The van der Waals surface area contributed by atoms with Crippen molar-refractivity contribution in [3.8, 4) is 0 Å². The van der Waals surface area contributed by atoms with Crippen molar-refractivity contribution in [3.63, 3.8) is 0 Å². The van der Waals surface area contributed by atoms with Gasteiger partial charge in [0, 0.05) is 11.0 Å². The molecule has 2 aliphatic carbocycles. The molecule has 0 aromatic heterocycles. The van der Waals surface area contributed by atoms with Crippen LogP contribution in [-0.4, -0.2) is 23.3 Å². The number of aliphatic hydroxyl groups is 1. The summed E-state index contributed by atoms with van der Waals surface area (Å²) in [7, 11) is 0. The minimum atomic E-state index is -0.493. The van der Waals surface area contributed by atoms with Gasteiger partial charge in [0.2, 0.25) is 0 Å². The van der Waals surface area contributed by atoms with E-state index in [0.29, 0.717) is 11.5 Å². The van der Waals surface area contributed by atoms with Crippen LogP contribution in [0.3, 0.4) is 0 Å². The second-order valence-electron chi connectivity index (χ2n) is 7.28. The summed E-state index contributed by atoms with van der Waals surface area (Å²) in [6.45, 7) is 5.97. The van der Waals surface area contributed by atoms with E-state index in [2.05, 4.69) is 20.8 Å². The number of aliphatic hydroxyl groups excluding tert-OH is 1. The molecule has 0 radical (unpaired) electrons. The molecule has 3 heteroatoms. The Morgan fingerprint density at radius 1 is 1.36 bits per heavy atom. The number of carbonyl (C=O) groups is 2. The quantitative estimate of drug-likeness (QED) is 0.688. The van der Waals surface area contributed by atoms with E-state index in [4.69, 9.17) is 5.11 Å². The fourth-order valence-electron chi connectivity index (χ4n) is 4.17. The molecule has 2 bridgehead atoms. The molecule has 0 spiro atoms. The Labute approximate surface area is 131 Å². The zero-order chi connectivity index (χ0) is 16.1. The van der Waals surface area contributed by atoms with Crippen LogP contribution in [-0.2, 0) is 4.79 Å². The predicted octanol–water partition coefficient (Wildman–Crippen LogP) is 3.27. The number of carbonyl (C=O) groups excluding carboxylic acids is 2. The molecule has 116 valence electrons. The molecule has 1 aromatic rings. The van der Waals surface area contributed by atoms with Crippen molar-refractivity contribution >= 4 is 17.6 Å². The van der Waals surface area contributed by atoms with E-state index >= 15 is 0 Å². The molecule has 1 aromatic carbocycles. The van der Waals surface area contributed by atoms with E-state index in [1.54, 1.807) is 18.2 Å². The third-order valence-corrected chi connectivity index (χ3v) is 6.04. The summed E-state index contributed by atoms with van der Waals surface area (Å²) in [6.07, 6.45) is 3.95. The van der Waals surface area contributed by atoms with Gasteiger partial charge in [-0.1, -0.05) is 39.0 Å². The van der Waals surface area contributed by atoms with Crippen molar-refractivity contribution in [1.82, 2.24) is 0 Å². The van der Waals surface area contributed by atoms with Gasteiger partial charge in [-0.3, -0.25) is 9.59 Å². The number of allylic oxidation sites excluding steroid dienone is 1. The number of fused-ring (bicyclic) bond motifs is 2. The topological polar surface area (TPSA) is 54.4 Å². The molecule has 0 saturated heterocycles. The molecule has 2 unspecified atom stereocenters. The number of ketones is 2. The van der Waals surface area contributed by atoms with Gasteiger partial charge in [0.05, 0.1) is 0 Å². The van der Waals surface area contributed by atoms with Crippen molar-refractivity contribution in [3.05, 3.63) is 41.0 Å². The predicted molar refractivity (Wildman–Crippen MR) is 85.5 cm³/mol. The molecule has 2 atom stereocenters. The van der Waals surface area contributed by atoms with Crippen molar-refractivity contribution in [1.29, 1.82) is 0 Å². The summed E-state index contributed by atoms with van der Waals surface area (Å²) in [4.78, 5) is 24.4. The summed E-state index contributed by atoms with van der Waals surface area (Å²) >= 11 is 0. The van der Waals surface area contributed by atoms with Gasteiger partial charge >= 0.3 is 0 Å². The Kier molecular flexibility index (Phi) is 3.37. The number of hydrogen-bond acceptors (Lipinski definition) is 3. The van der Waals surface area contributed by atoms with E-state index in [1.807, 2.05) is 12.1 Å². The molecule has 0 amide bonds. The minimum Gasteiger partial charge on any atom is -0.388 e. The van der Waals surface area contributed by atoms with E-state index in [9.17, 15) is 9.59 Å². The standard InChI is InChI=1S/C19H22O3/c1-18(2)15-7-8-19(18,3)17(22)14(15)10-12-5-4-6-13(9-12)16(21)11-20/h4-6,9-10,15,20H,7-8,11H2,1-3H3. The van der Waals surface area contributed by atoms with Gasteiger partial charge in [-0.15, -0.1) is 0 Å². The highest BCUT2D eigenvalue weighted by atomic mass is 16.3. The first-order valence-electron chi connectivity index (χ1n) is 7.82. The summed E-state index contributed by atoms with van der Waals surface area (Å²) in [5.41, 5.74) is 1.97. The zero-order valence-corrected chi connectivity index (χ0v) is 13.3. The van der Waals surface area contributed by atoms with E-state index < -0.39 is 6.61 Å². The maximum Gasteiger partial charge on any atom is 0.188 e. The van der Waals surface area contributed by atoms with Crippen LogP contribution in [0.25, 0.3) is 6.08 Å². The van der Waals surface area contributed by atoms with Crippen molar-refractivity contribution < 1.29 is 14.7 Å². The third kappa shape index (κ3) is 1.92. The highest BCUT2D eigenvalue weighted by Crippen LogP contribution is 2.65. The van der Waals surface area contributed by atoms with Gasteiger partial charge in [-0.2, -0.15) is 0 Å². The largest absolute Gasteiger partial charge is 0.388 e. The Morgan fingerprint density at radius 3 is 2.68 bits per heavy atom. The van der Waals surface area contributed by atoms with Gasteiger partial charge in [-0.05, 0) is 47.5 Å². The summed E-state index contributed by atoms with van der Waals surface area (Å²) in [5, 5.41) is 8.97. The van der Waals surface area contributed by atoms with Crippen LogP contribution in [0.2, 0.25) is 0 Å². The lowest BCUT2D eigenvalue weighted by Gasteiger charge is -2.31. The highest BCUT2D eigenvalue weighted by Gasteiger charge is 2.63. The first kappa shape index (κ1) is 15.2. The summed E-state index contributed by atoms with van der Waals surface area (Å²) < 4.78 is 0. The number of Topliss-reactive ketones (excluding diaryl/α,β-unsaturated/α-hetero) is 2. The average molecular weight is 298 g/mol. The highest BCUT2D eigenvalue weighted by molar-refractivity contribution is 6.08. The molecule has 2 aliphatic rings. The lowest BCUT2D eigenvalue weighted by atomic mass is 9.70. The summed E-state index contributed by atoms with van der Waals surface area (Å²) in [5.74, 6) is 0.252.